The quantitative estimate of drug-likeness (QED) is 0.884. The molecule has 3 nitrogen and oxygen atoms in total. The Bertz CT molecular complexity index is 565. The van der Waals surface area contributed by atoms with Gasteiger partial charge in [0.2, 0.25) is 0 Å². The average molecular weight is 290 g/mol. The highest BCUT2D eigenvalue weighted by atomic mass is 32.1. The maximum Gasteiger partial charge on any atom is 0.131 e. The molecule has 0 aliphatic carbocycles. The van der Waals surface area contributed by atoms with Gasteiger partial charge in [-0.25, -0.2) is 4.98 Å². The van der Waals surface area contributed by atoms with Crippen LogP contribution >= 0.6 is 11.3 Å². The van der Waals surface area contributed by atoms with Crippen molar-refractivity contribution in [2.24, 2.45) is 5.73 Å². The summed E-state index contributed by atoms with van der Waals surface area (Å²) in [5.74, 6) is 0.921. The SMILES string of the molecule is CCC(N)Cc1cc(C)ccc1OCc1csc(C)n1. The molecule has 4 heteroatoms. The Morgan fingerprint density at radius 1 is 1.35 bits per heavy atom. The van der Waals surface area contributed by atoms with Crippen LogP contribution in [0.5, 0.6) is 5.75 Å². The molecular formula is C16H22N2OS. The lowest BCUT2D eigenvalue weighted by Crippen LogP contribution is -2.21. The van der Waals surface area contributed by atoms with Crippen molar-refractivity contribution in [1.29, 1.82) is 0 Å². The highest BCUT2D eigenvalue weighted by molar-refractivity contribution is 7.09. The second-order valence-electron chi connectivity index (χ2n) is 5.13. The molecule has 0 saturated carbocycles. The van der Waals surface area contributed by atoms with Crippen LogP contribution in [-0.2, 0) is 13.0 Å². The predicted octanol–water partition coefficient (Wildman–Crippen LogP) is 3.62. The number of hydrogen-bond donors (Lipinski definition) is 1. The van der Waals surface area contributed by atoms with E-state index in [2.05, 4.69) is 31.0 Å². The molecule has 2 rings (SSSR count). The van der Waals surface area contributed by atoms with Crippen molar-refractivity contribution in [2.45, 2.75) is 46.3 Å². The molecule has 108 valence electrons. The molecule has 1 aromatic heterocycles. The first-order valence-corrected chi connectivity index (χ1v) is 7.85. The second kappa shape index (κ2) is 6.86. The van der Waals surface area contributed by atoms with Gasteiger partial charge in [0.25, 0.3) is 0 Å². The number of aryl methyl sites for hydroxylation is 2. The van der Waals surface area contributed by atoms with Crippen LogP contribution in [0, 0.1) is 13.8 Å². The van der Waals surface area contributed by atoms with Gasteiger partial charge in [-0.3, -0.25) is 0 Å². The van der Waals surface area contributed by atoms with E-state index in [-0.39, 0.29) is 6.04 Å². The number of thiazole rings is 1. The van der Waals surface area contributed by atoms with Gasteiger partial charge in [0.15, 0.2) is 0 Å². The van der Waals surface area contributed by atoms with Crippen molar-refractivity contribution >= 4 is 11.3 Å². The molecule has 2 aromatic rings. The molecule has 1 atom stereocenters. The monoisotopic (exact) mass is 290 g/mol. The Kier molecular flexibility index (Phi) is 5.15. The Balaban J connectivity index is 2.09. The molecule has 0 radical (unpaired) electrons. The van der Waals surface area contributed by atoms with Crippen LogP contribution in [-0.4, -0.2) is 11.0 Å². The van der Waals surface area contributed by atoms with E-state index in [1.165, 1.54) is 11.1 Å². The molecule has 0 aliphatic rings. The van der Waals surface area contributed by atoms with Gasteiger partial charge in [-0.2, -0.15) is 0 Å². The largest absolute Gasteiger partial charge is 0.487 e. The summed E-state index contributed by atoms with van der Waals surface area (Å²) in [6, 6.07) is 6.45. The molecule has 0 spiro atoms. The maximum atomic E-state index is 6.07. The van der Waals surface area contributed by atoms with Gasteiger partial charge in [0.05, 0.1) is 10.7 Å². The van der Waals surface area contributed by atoms with E-state index in [1.807, 2.05) is 18.4 Å². The molecule has 0 saturated heterocycles. The summed E-state index contributed by atoms with van der Waals surface area (Å²) >= 11 is 1.65. The molecule has 2 N–H and O–H groups in total. The van der Waals surface area contributed by atoms with Crippen molar-refractivity contribution in [2.75, 3.05) is 0 Å². The summed E-state index contributed by atoms with van der Waals surface area (Å²) in [5, 5.41) is 3.11. The zero-order valence-electron chi connectivity index (χ0n) is 12.3. The van der Waals surface area contributed by atoms with Gasteiger partial charge >= 0.3 is 0 Å². The third-order valence-corrected chi connectivity index (χ3v) is 4.09. The molecule has 20 heavy (non-hydrogen) atoms. The van der Waals surface area contributed by atoms with Gasteiger partial charge in [0.1, 0.15) is 12.4 Å². The van der Waals surface area contributed by atoms with E-state index in [0.717, 1.165) is 29.3 Å². The minimum absolute atomic E-state index is 0.181. The van der Waals surface area contributed by atoms with Crippen LogP contribution in [0.1, 0.15) is 35.2 Å². The molecule has 1 aromatic carbocycles. The van der Waals surface area contributed by atoms with E-state index >= 15 is 0 Å². The van der Waals surface area contributed by atoms with Crippen LogP contribution in [0.3, 0.4) is 0 Å². The Labute approximate surface area is 124 Å². The molecule has 1 unspecified atom stereocenters. The van der Waals surface area contributed by atoms with Gasteiger partial charge in [-0.15, -0.1) is 11.3 Å². The fraction of sp³-hybridized carbons (Fsp3) is 0.438. The van der Waals surface area contributed by atoms with Gasteiger partial charge in [-0.1, -0.05) is 24.6 Å². The molecule has 0 amide bonds. The fourth-order valence-corrected chi connectivity index (χ4v) is 2.66. The fourth-order valence-electron chi connectivity index (χ4n) is 2.06. The smallest absolute Gasteiger partial charge is 0.131 e. The van der Waals surface area contributed by atoms with E-state index in [1.54, 1.807) is 11.3 Å². The van der Waals surface area contributed by atoms with Crippen LogP contribution in [0.2, 0.25) is 0 Å². The molecule has 0 bridgehead atoms. The first-order chi connectivity index (χ1) is 9.58. The van der Waals surface area contributed by atoms with Crippen LogP contribution in [0.4, 0.5) is 0 Å². The summed E-state index contributed by atoms with van der Waals surface area (Å²) < 4.78 is 5.93. The lowest BCUT2D eigenvalue weighted by atomic mass is 10.0. The summed E-state index contributed by atoms with van der Waals surface area (Å²) in [4.78, 5) is 4.42. The minimum Gasteiger partial charge on any atom is -0.487 e. The number of hydrogen-bond acceptors (Lipinski definition) is 4. The zero-order chi connectivity index (χ0) is 14.5. The first kappa shape index (κ1) is 15.0. The Hall–Kier alpha value is -1.39. The normalized spacial score (nSPS) is 12.4. The minimum atomic E-state index is 0.181. The first-order valence-electron chi connectivity index (χ1n) is 6.97. The van der Waals surface area contributed by atoms with Gasteiger partial charge in [-0.05, 0) is 38.3 Å². The number of rotatable bonds is 6. The van der Waals surface area contributed by atoms with Crippen LogP contribution in [0.25, 0.3) is 0 Å². The summed E-state index contributed by atoms with van der Waals surface area (Å²) in [5.41, 5.74) is 9.48. The molecule has 1 heterocycles. The molecular weight excluding hydrogens is 268 g/mol. The third kappa shape index (κ3) is 4.05. The molecule has 0 aliphatic heterocycles. The number of aromatic nitrogens is 1. The molecule has 0 fully saturated rings. The number of benzene rings is 1. The topological polar surface area (TPSA) is 48.1 Å². The number of nitrogens with zero attached hydrogens (tertiary/aromatic N) is 1. The van der Waals surface area contributed by atoms with Gasteiger partial charge in [0, 0.05) is 11.4 Å². The van der Waals surface area contributed by atoms with E-state index < -0.39 is 0 Å². The number of nitrogens with two attached hydrogens (primary N) is 1. The summed E-state index contributed by atoms with van der Waals surface area (Å²) in [7, 11) is 0. The van der Waals surface area contributed by atoms with Crippen molar-refractivity contribution < 1.29 is 4.74 Å². The summed E-state index contributed by atoms with van der Waals surface area (Å²) in [6.45, 7) is 6.72. The van der Waals surface area contributed by atoms with Crippen LogP contribution in [0.15, 0.2) is 23.6 Å². The highest BCUT2D eigenvalue weighted by Crippen LogP contribution is 2.23. The lowest BCUT2D eigenvalue weighted by molar-refractivity contribution is 0.298. The van der Waals surface area contributed by atoms with E-state index in [0.29, 0.717) is 6.61 Å². The maximum absolute atomic E-state index is 6.07. The average Bonchev–Trinajstić information content (AvgIpc) is 2.83. The Morgan fingerprint density at radius 2 is 2.15 bits per heavy atom. The summed E-state index contributed by atoms with van der Waals surface area (Å²) in [6.07, 6.45) is 1.82. The number of ether oxygens (including phenoxy) is 1. The van der Waals surface area contributed by atoms with E-state index in [9.17, 15) is 0 Å². The highest BCUT2D eigenvalue weighted by Gasteiger charge is 2.09. The van der Waals surface area contributed by atoms with Crippen molar-refractivity contribution in [3.63, 3.8) is 0 Å². The Morgan fingerprint density at radius 3 is 2.80 bits per heavy atom. The third-order valence-electron chi connectivity index (χ3n) is 3.26. The zero-order valence-corrected chi connectivity index (χ0v) is 13.2. The predicted molar refractivity (Wildman–Crippen MR) is 84.3 cm³/mol. The van der Waals surface area contributed by atoms with Crippen molar-refractivity contribution in [3.05, 3.63) is 45.4 Å². The van der Waals surface area contributed by atoms with Crippen molar-refractivity contribution in [1.82, 2.24) is 4.98 Å². The van der Waals surface area contributed by atoms with Crippen molar-refractivity contribution in [3.8, 4) is 5.75 Å². The van der Waals surface area contributed by atoms with Crippen LogP contribution < -0.4 is 10.5 Å². The van der Waals surface area contributed by atoms with Gasteiger partial charge < -0.3 is 10.5 Å². The standard InChI is InChI=1S/C16H22N2OS/c1-4-14(17)8-13-7-11(2)5-6-16(13)19-9-15-10-20-12(3)18-15/h5-7,10,14H,4,8-9,17H2,1-3H3. The second-order valence-corrected chi connectivity index (χ2v) is 6.19. The lowest BCUT2D eigenvalue weighted by Gasteiger charge is -2.14. The van der Waals surface area contributed by atoms with E-state index in [4.69, 9.17) is 10.5 Å².